The summed E-state index contributed by atoms with van der Waals surface area (Å²) in [5.74, 6) is -0.658. The first-order valence-electron chi connectivity index (χ1n) is 9.25. The molecule has 1 aliphatic rings. The van der Waals surface area contributed by atoms with Crippen LogP contribution >= 0.6 is 22.7 Å². The Hall–Kier alpha value is -2.40. The van der Waals surface area contributed by atoms with E-state index in [9.17, 15) is 18.4 Å². The fourth-order valence-corrected chi connectivity index (χ4v) is 5.14. The molecule has 0 spiro atoms. The van der Waals surface area contributed by atoms with Crippen molar-refractivity contribution in [1.29, 1.82) is 0 Å². The lowest BCUT2D eigenvalue weighted by Crippen LogP contribution is -2.43. The molecule has 4 rings (SSSR count). The topological polar surface area (TPSA) is 80.1 Å². The van der Waals surface area contributed by atoms with Crippen LogP contribution in [-0.2, 0) is 17.9 Å². The van der Waals surface area contributed by atoms with E-state index in [0.717, 1.165) is 27.2 Å². The van der Waals surface area contributed by atoms with E-state index in [4.69, 9.17) is 0 Å². The van der Waals surface area contributed by atoms with Gasteiger partial charge in [0.2, 0.25) is 5.91 Å². The molecular weight excluding hydrogens is 420 g/mol. The van der Waals surface area contributed by atoms with Gasteiger partial charge in [-0.15, -0.1) is 11.3 Å². The second-order valence-corrected chi connectivity index (χ2v) is 8.61. The number of carbonyl (C=O) groups is 1. The number of halogens is 2. The van der Waals surface area contributed by atoms with Crippen LogP contribution in [0.2, 0.25) is 0 Å². The maximum absolute atomic E-state index is 13.3. The van der Waals surface area contributed by atoms with Crippen molar-refractivity contribution in [2.45, 2.75) is 45.3 Å². The van der Waals surface area contributed by atoms with E-state index in [1.165, 1.54) is 0 Å². The second-order valence-electron chi connectivity index (χ2n) is 6.62. The summed E-state index contributed by atoms with van der Waals surface area (Å²) < 4.78 is 27.5. The zero-order valence-electron chi connectivity index (χ0n) is 15.6. The molecule has 4 heterocycles. The summed E-state index contributed by atoms with van der Waals surface area (Å²) in [7, 11) is 0. The molecule has 0 unspecified atom stereocenters. The van der Waals surface area contributed by atoms with Gasteiger partial charge < -0.3 is 10.2 Å². The molecule has 0 aromatic carbocycles. The van der Waals surface area contributed by atoms with Gasteiger partial charge in [0.1, 0.15) is 6.04 Å². The van der Waals surface area contributed by atoms with Gasteiger partial charge >= 0.3 is 0 Å². The first kappa shape index (κ1) is 19.9. The van der Waals surface area contributed by atoms with E-state index in [1.807, 2.05) is 22.4 Å². The maximum atomic E-state index is 13.3. The van der Waals surface area contributed by atoms with Crippen molar-refractivity contribution in [3.05, 3.63) is 38.6 Å². The number of fused-ring (bicyclic) bond motifs is 1. The lowest BCUT2D eigenvalue weighted by atomic mass is 10.2. The lowest BCUT2D eigenvalue weighted by Gasteiger charge is -2.22. The summed E-state index contributed by atoms with van der Waals surface area (Å²) in [6.45, 7) is 2.77. The van der Waals surface area contributed by atoms with Crippen molar-refractivity contribution >= 4 is 44.1 Å². The quantitative estimate of drug-likeness (QED) is 0.638. The molecule has 1 aliphatic heterocycles. The molecular formula is C18H19F2N5O2S2. The number of aromatic nitrogens is 3. The molecule has 11 heteroatoms. The Morgan fingerprint density at radius 1 is 1.41 bits per heavy atom. The van der Waals surface area contributed by atoms with Crippen molar-refractivity contribution in [3.63, 3.8) is 0 Å². The fraction of sp³-hybridized carbons (Fsp3) is 0.444. The summed E-state index contributed by atoms with van der Waals surface area (Å²) >= 11 is 2.65. The molecule has 7 nitrogen and oxygen atoms in total. The van der Waals surface area contributed by atoms with E-state index < -0.39 is 23.9 Å². The minimum atomic E-state index is -2.85. The van der Waals surface area contributed by atoms with Crippen LogP contribution in [0, 0.1) is 0 Å². The lowest BCUT2D eigenvalue weighted by molar-refractivity contribution is -0.122. The van der Waals surface area contributed by atoms with Crippen LogP contribution in [0.4, 0.5) is 13.9 Å². The molecule has 3 aromatic heterocycles. The maximum Gasteiger partial charge on any atom is 0.295 e. The van der Waals surface area contributed by atoms with Crippen LogP contribution < -0.4 is 15.8 Å². The van der Waals surface area contributed by atoms with Crippen molar-refractivity contribution in [2.75, 3.05) is 11.4 Å². The largest absolute Gasteiger partial charge is 0.349 e. The van der Waals surface area contributed by atoms with Crippen LogP contribution in [0.25, 0.3) is 10.3 Å². The smallest absolute Gasteiger partial charge is 0.295 e. The van der Waals surface area contributed by atoms with E-state index in [-0.39, 0.29) is 22.8 Å². The van der Waals surface area contributed by atoms with Crippen LogP contribution in [0.1, 0.15) is 36.9 Å². The summed E-state index contributed by atoms with van der Waals surface area (Å²) in [6, 6.07) is 3.48. The van der Waals surface area contributed by atoms with Gasteiger partial charge in [-0.25, -0.2) is 18.7 Å². The molecule has 0 bridgehead atoms. The number of hydrogen-bond acceptors (Lipinski definition) is 7. The highest BCUT2D eigenvalue weighted by atomic mass is 32.1. The number of hydrogen-bond donors (Lipinski definition) is 1. The van der Waals surface area contributed by atoms with E-state index >= 15 is 0 Å². The third-order valence-corrected chi connectivity index (χ3v) is 6.73. The monoisotopic (exact) mass is 439 g/mol. The fourth-order valence-electron chi connectivity index (χ4n) is 3.48. The van der Waals surface area contributed by atoms with Gasteiger partial charge in [-0.1, -0.05) is 17.4 Å². The Morgan fingerprint density at radius 2 is 2.24 bits per heavy atom. The number of anilines is 1. The SMILES string of the molecule is CCn1c(C(F)F)nc2sc(N3CCC[C@@H]3C(=O)NCc3cccs3)nc2c1=O. The van der Waals surface area contributed by atoms with Gasteiger partial charge in [0.05, 0.1) is 6.54 Å². The molecule has 0 radical (unpaired) electrons. The number of carbonyl (C=O) groups excluding carboxylic acids is 1. The molecule has 1 N–H and O–H groups in total. The molecule has 0 aliphatic carbocycles. The Morgan fingerprint density at radius 3 is 2.93 bits per heavy atom. The zero-order chi connectivity index (χ0) is 20.5. The van der Waals surface area contributed by atoms with Gasteiger partial charge in [-0.3, -0.25) is 14.2 Å². The third kappa shape index (κ3) is 3.76. The van der Waals surface area contributed by atoms with Gasteiger partial charge in [0.15, 0.2) is 21.3 Å². The zero-order valence-corrected chi connectivity index (χ0v) is 17.2. The third-order valence-electron chi connectivity index (χ3n) is 4.87. The average molecular weight is 440 g/mol. The average Bonchev–Trinajstić information content (AvgIpc) is 3.45. The Labute approximate surface area is 173 Å². The Balaban J connectivity index is 1.62. The van der Waals surface area contributed by atoms with Gasteiger partial charge in [-0.05, 0) is 31.2 Å². The predicted octanol–water partition coefficient (Wildman–Crippen LogP) is 3.16. The van der Waals surface area contributed by atoms with Crippen LogP contribution in [0.5, 0.6) is 0 Å². The van der Waals surface area contributed by atoms with E-state index in [0.29, 0.717) is 24.6 Å². The summed E-state index contributed by atoms with van der Waals surface area (Å²) in [5.41, 5.74) is -0.505. The van der Waals surface area contributed by atoms with Gasteiger partial charge in [0.25, 0.3) is 12.0 Å². The first-order chi connectivity index (χ1) is 14.0. The number of nitrogens with one attached hydrogen (secondary N) is 1. The summed E-state index contributed by atoms with van der Waals surface area (Å²) in [4.78, 5) is 36.7. The normalized spacial score (nSPS) is 16.8. The Bertz CT molecular complexity index is 1080. The second kappa shape index (κ2) is 8.15. The number of nitrogens with zero attached hydrogens (tertiary/aromatic N) is 4. The van der Waals surface area contributed by atoms with Crippen molar-refractivity contribution in [2.24, 2.45) is 0 Å². The van der Waals surface area contributed by atoms with E-state index in [2.05, 4.69) is 15.3 Å². The van der Waals surface area contributed by atoms with Crippen molar-refractivity contribution in [3.8, 4) is 0 Å². The standard InChI is InChI=1S/C18H19F2N5O2S2/c1-2-24-14(13(19)20)23-16-12(17(24)27)22-18(29-16)25-7-3-6-11(25)15(26)21-9-10-5-4-8-28-10/h4-5,8,11,13H,2-3,6-7,9H2,1H3,(H,21,26)/t11-/m1/s1. The minimum absolute atomic E-state index is 0.0703. The minimum Gasteiger partial charge on any atom is -0.349 e. The highest BCUT2D eigenvalue weighted by molar-refractivity contribution is 7.21. The van der Waals surface area contributed by atoms with Crippen LogP contribution in [-0.4, -0.2) is 33.0 Å². The predicted molar refractivity (Wildman–Crippen MR) is 109 cm³/mol. The molecule has 1 fully saturated rings. The molecule has 0 saturated carbocycles. The van der Waals surface area contributed by atoms with Gasteiger partial charge in [-0.2, -0.15) is 0 Å². The number of thiazole rings is 1. The number of thiophene rings is 1. The molecule has 154 valence electrons. The number of amides is 1. The van der Waals surface area contributed by atoms with Crippen molar-refractivity contribution in [1.82, 2.24) is 19.9 Å². The molecule has 1 amide bonds. The van der Waals surface area contributed by atoms with Gasteiger partial charge in [0, 0.05) is 18.0 Å². The first-order valence-corrected chi connectivity index (χ1v) is 10.9. The summed E-state index contributed by atoms with van der Waals surface area (Å²) in [6.07, 6.45) is -1.37. The number of alkyl halides is 2. The molecule has 1 saturated heterocycles. The summed E-state index contributed by atoms with van der Waals surface area (Å²) in [5, 5.41) is 5.36. The van der Waals surface area contributed by atoms with Crippen molar-refractivity contribution < 1.29 is 13.6 Å². The highest BCUT2D eigenvalue weighted by Crippen LogP contribution is 2.32. The highest BCUT2D eigenvalue weighted by Gasteiger charge is 2.33. The Kier molecular flexibility index (Phi) is 5.59. The van der Waals surface area contributed by atoms with E-state index in [1.54, 1.807) is 18.3 Å². The number of rotatable bonds is 6. The van der Waals surface area contributed by atoms with Crippen LogP contribution in [0.3, 0.4) is 0 Å². The molecule has 29 heavy (non-hydrogen) atoms. The van der Waals surface area contributed by atoms with Crippen LogP contribution in [0.15, 0.2) is 22.3 Å². The molecule has 3 aromatic rings. The molecule has 1 atom stereocenters.